The van der Waals surface area contributed by atoms with E-state index in [0.29, 0.717) is 18.2 Å². The molecule has 0 atom stereocenters. The van der Waals surface area contributed by atoms with Crippen LogP contribution in [0.2, 0.25) is 0 Å². The lowest BCUT2D eigenvalue weighted by molar-refractivity contribution is -0.116. The minimum Gasteiger partial charge on any atom is -0.497 e. The van der Waals surface area contributed by atoms with Gasteiger partial charge >= 0.3 is 0 Å². The van der Waals surface area contributed by atoms with Crippen LogP contribution in [0.25, 0.3) is 16.9 Å². The van der Waals surface area contributed by atoms with E-state index < -0.39 is 0 Å². The molecular weight excluding hydrogens is 302 g/mol. The molecule has 0 saturated heterocycles. The molecule has 0 aliphatic rings. The number of nitrogens with zero attached hydrogens (tertiary/aromatic N) is 2. The van der Waals surface area contributed by atoms with Gasteiger partial charge < -0.3 is 10.1 Å². The number of rotatable bonds is 5. The number of carbonyl (C=O) groups excluding carboxylic acids is 1. The number of anilines is 1. The number of hydrogen-bond donors (Lipinski definition) is 1. The molecule has 24 heavy (non-hydrogen) atoms. The van der Waals surface area contributed by atoms with E-state index in [1.165, 1.54) is 0 Å². The molecule has 124 valence electrons. The van der Waals surface area contributed by atoms with Crippen molar-refractivity contribution in [1.82, 2.24) is 9.38 Å². The fraction of sp³-hybridized carbons (Fsp3) is 0.263. The molecule has 0 spiro atoms. The quantitative estimate of drug-likeness (QED) is 0.772. The normalized spacial score (nSPS) is 11.0. The Kier molecular flexibility index (Phi) is 4.51. The van der Waals surface area contributed by atoms with E-state index in [0.717, 1.165) is 22.7 Å². The SMILES string of the molecule is COc1cccc(-c2nc3ccccn3c2NC(=O)CC(C)C)c1. The van der Waals surface area contributed by atoms with Crippen LogP contribution in [-0.4, -0.2) is 22.4 Å². The third kappa shape index (κ3) is 3.25. The molecule has 5 heteroatoms. The summed E-state index contributed by atoms with van der Waals surface area (Å²) in [5, 5.41) is 3.02. The molecule has 2 aromatic heterocycles. The van der Waals surface area contributed by atoms with Crippen LogP contribution in [0.15, 0.2) is 48.7 Å². The van der Waals surface area contributed by atoms with Crippen molar-refractivity contribution in [2.75, 3.05) is 12.4 Å². The first-order valence-corrected chi connectivity index (χ1v) is 8.00. The number of aromatic nitrogens is 2. The summed E-state index contributed by atoms with van der Waals surface area (Å²) in [5.74, 6) is 1.72. The smallest absolute Gasteiger partial charge is 0.225 e. The van der Waals surface area contributed by atoms with Crippen LogP contribution < -0.4 is 10.1 Å². The Morgan fingerprint density at radius 2 is 2.08 bits per heavy atom. The van der Waals surface area contributed by atoms with E-state index in [4.69, 9.17) is 4.74 Å². The van der Waals surface area contributed by atoms with E-state index in [2.05, 4.69) is 10.3 Å². The standard InChI is InChI=1S/C19H21N3O2/c1-13(2)11-17(23)21-19-18(14-7-6-8-15(12-14)24-3)20-16-9-4-5-10-22(16)19/h4-10,12-13H,11H2,1-3H3,(H,21,23). The van der Waals surface area contributed by atoms with Gasteiger partial charge in [-0.25, -0.2) is 4.98 Å². The van der Waals surface area contributed by atoms with Gasteiger partial charge in [0.05, 0.1) is 7.11 Å². The maximum absolute atomic E-state index is 12.3. The molecule has 0 fully saturated rings. The Hall–Kier alpha value is -2.82. The molecule has 0 aliphatic heterocycles. The number of benzene rings is 1. The van der Waals surface area contributed by atoms with Crippen LogP contribution >= 0.6 is 0 Å². The average Bonchev–Trinajstić information content (AvgIpc) is 2.93. The lowest BCUT2D eigenvalue weighted by Gasteiger charge is -2.09. The first kappa shape index (κ1) is 16.1. The molecule has 5 nitrogen and oxygen atoms in total. The van der Waals surface area contributed by atoms with Crippen LogP contribution in [0.5, 0.6) is 5.75 Å². The highest BCUT2D eigenvalue weighted by atomic mass is 16.5. The molecule has 1 amide bonds. The van der Waals surface area contributed by atoms with Crippen molar-refractivity contribution in [3.63, 3.8) is 0 Å². The van der Waals surface area contributed by atoms with Crippen molar-refractivity contribution >= 4 is 17.4 Å². The van der Waals surface area contributed by atoms with Gasteiger partial charge in [-0.3, -0.25) is 9.20 Å². The van der Waals surface area contributed by atoms with Crippen molar-refractivity contribution < 1.29 is 9.53 Å². The summed E-state index contributed by atoms with van der Waals surface area (Å²) in [6, 6.07) is 13.4. The van der Waals surface area contributed by atoms with E-state index in [1.807, 2.05) is 66.9 Å². The number of hydrogen-bond acceptors (Lipinski definition) is 3. The van der Waals surface area contributed by atoms with Crippen LogP contribution in [-0.2, 0) is 4.79 Å². The topological polar surface area (TPSA) is 55.6 Å². The van der Waals surface area contributed by atoms with Crippen LogP contribution in [0.1, 0.15) is 20.3 Å². The number of nitrogens with one attached hydrogen (secondary N) is 1. The lowest BCUT2D eigenvalue weighted by atomic mass is 10.1. The van der Waals surface area contributed by atoms with Crippen molar-refractivity contribution in [2.24, 2.45) is 5.92 Å². The molecule has 0 aliphatic carbocycles. The van der Waals surface area contributed by atoms with Gasteiger partial charge in [0.2, 0.25) is 5.91 Å². The van der Waals surface area contributed by atoms with Gasteiger partial charge in [-0.1, -0.05) is 32.0 Å². The third-order valence-corrected chi connectivity index (χ3v) is 3.72. The van der Waals surface area contributed by atoms with Gasteiger partial charge in [-0.05, 0) is 30.2 Å². The molecule has 1 aromatic carbocycles. The van der Waals surface area contributed by atoms with Gasteiger partial charge in [-0.15, -0.1) is 0 Å². The van der Waals surface area contributed by atoms with Crippen molar-refractivity contribution in [3.8, 4) is 17.0 Å². The Morgan fingerprint density at radius 1 is 1.25 bits per heavy atom. The second-order valence-electron chi connectivity index (χ2n) is 6.12. The summed E-state index contributed by atoms with van der Waals surface area (Å²) in [6.07, 6.45) is 2.37. The Labute approximate surface area is 141 Å². The summed E-state index contributed by atoms with van der Waals surface area (Å²) in [4.78, 5) is 17.0. The maximum Gasteiger partial charge on any atom is 0.225 e. The number of methoxy groups -OCH3 is 1. The molecule has 0 unspecified atom stereocenters. The van der Waals surface area contributed by atoms with Crippen molar-refractivity contribution in [3.05, 3.63) is 48.7 Å². The molecule has 2 heterocycles. The Morgan fingerprint density at radius 3 is 2.83 bits per heavy atom. The maximum atomic E-state index is 12.3. The number of amides is 1. The number of carbonyl (C=O) groups is 1. The van der Waals surface area contributed by atoms with Crippen LogP contribution in [0.4, 0.5) is 5.82 Å². The monoisotopic (exact) mass is 323 g/mol. The first-order chi connectivity index (χ1) is 11.6. The highest BCUT2D eigenvalue weighted by Gasteiger charge is 2.17. The summed E-state index contributed by atoms with van der Waals surface area (Å²) >= 11 is 0. The second kappa shape index (κ2) is 6.74. The van der Waals surface area contributed by atoms with Gasteiger partial charge in [0.15, 0.2) is 0 Å². The number of fused-ring (bicyclic) bond motifs is 1. The number of ether oxygens (including phenoxy) is 1. The van der Waals surface area contributed by atoms with Crippen LogP contribution in [0.3, 0.4) is 0 Å². The molecule has 1 N–H and O–H groups in total. The molecule has 3 rings (SSSR count). The van der Waals surface area contributed by atoms with E-state index in [-0.39, 0.29) is 5.91 Å². The molecule has 0 saturated carbocycles. The van der Waals surface area contributed by atoms with Gasteiger partial charge in [0.1, 0.15) is 22.9 Å². The van der Waals surface area contributed by atoms with Crippen LogP contribution in [0, 0.1) is 5.92 Å². The van der Waals surface area contributed by atoms with E-state index in [1.54, 1.807) is 7.11 Å². The predicted octanol–water partition coefficient (Wildman–Crippen LogP) is 3.99. The molecule has 3 aromatic rings. The Bertz CT molecular complexity index is 868. The minimum absolute atomic E-state index is 0.0141. The molecule has 0 bridgehead atoms. The first-order valence-electron chi connectivity index (χ1n) is 8.00. The largest absolute Gasteiger partial charge is 0.497 e. The average molecular weight is 323 g/mol. The zero-order valence-corrected chi connectivity index (χ0v) is 14.1. The summed E-state index contributed by atoms with van der Waals surface area (Å²) < 4.78 is 7.20. The number of imidazole rings is 1. The highest BCUT2D eigenvalue weighted by molar-refractivity contribution is 5.94. The van der Waals surface area contributed by atoms with Gasteiger partial charge in [0, 0.05) is 18.2 Å². The molecular formula is C19H21N3O2. The van der Waals surface area contributed by atoms with Gasteiger partial charge in [-0.2, -0.15) is 0 Å². The minimum atomic E-state index is -0.0141. The predicted molar refractivity (Wildman–Crippen MR) is 95.3 cm³/mol. The summed E-state index contributed by atoms with van der Waals surface area (Å²) in [6.45, 7) is 4.05. The van der Waals surface area contributed by atoms with E-state index >= 15 is 0 Å². The van der Waals surface area contributed by atoms with E-state index in [9.17, 15) is 4.79 Å². The summed E-state index contributed by atoms with van der Waals surface area (Å²) in [5.41, 5.74) is 2.42. The molecule has 0 radical (unpaired) electrons. The Balaban J connectivity index is 2.09. The fourth-order valence-electron chi connectivity index (χ4n) is 2.64. The number of pyridine rings is 1. The fourth-order valence-corrected chi connectivity index (χ4v) is 2.64. The third-order valence-electron chi connectivity index (χ3n) is 3.72. The second-order valence-corrected chi connectivity index (χ2v) is 6.12. The highest BCUT2D eigenvalue weighted by Crippen LogP contribution is 2.31. The zero-order valence-electron chi connectivity index (χ0n) is 14.1. The summed E-state index contributed by atoms with van der Waals surface area (Å²) in [7, 11) is 1.63. The lowest BCUT2D eigenvalue weighted by Crippen LogP contribution is -2.15. The van der Waals surface area contributed by atoms with Gasteiger partial charge in [0.25, 0.3) is 0 Å². The van der Waals surface area contributed by atoms with Crippen molar-refractivity contribution in [1.29, 1.82) is 0 Å². The van der Waals surface area contributed by atoms with Crippen molar-refractivity contribution in [2.45, 2.75) is 20.3 Å². The zero-order chi connectivity index (χ0) is 17.1.